The summed E-state index contributed by atoms with van der Waals surface area (Å²) in [6, 6.07) is 15.5. The molecule has 0 aliphatic rings. The van der Waals surface area contributed by atoms with Crippen LogP contribution in [0.15, 0.2) is 42.5 Å². The molecule has 0 bridgehead atoms. The Kier molecular flexibility index (Phi) is 3.93. The van der Waals surface area contributed by atoms with Gasteiger partial charge in [0.25, 0.3) is 0 Å². The lowest BCUT2D eigenvalue weighted by atomic mass is 10.0. The molecule has 0 unspecified atom stereocenters. The van der Waals surface area contributed by atoms with Gasteiger partial charge in [-0.2, -0.15) is 15.6 Å². The van der Waals surface area contributed by atoms with Crippen LogP contribution in [0.4, 0.5) is 0 Å². The van der Waals surface area contributed by atoms with Crippen molar-refractivity contribution in [1.29, 1.82) is 5.26 Å². The average Bonchev–Trinajstić information content (AvgIpc) is 3.10. The molecule has 3 aromatic rings. The van der Waals surface area contributed by atoms with Crippen LogP contribution in [0.3, 0.4) is 0 Å². The number of aromatic nitrogens is 3. The lowest BCUT2D eigenvalue weighted by Gasteiger charge is -2.10. The number of hydrogen-bond acceptors (Lipinski definition) is 5. The summed E-state index contributed by atoms with van der Waals surface area (Å²) in [6.07, 6.45) is 0. The Hall–Kier alpha value is -3.33. The predicted octanol–water partition coefficient (Wildman–Crippen LogP) is 3.03. The topological polar surface area (TPSA) is 83.8 Å². The van der Waals surface area contributed by atoms with Gasteiger partial charge in [-0.1, -0.05) is 24.3 Å². The molecule has 0 radical (unpaired) electrons. The van der Waals surface area contributed by atoms with Crippen LogP contribution in [0.2, 0.25) is 0 Å². The minimum atomic E-state index is 0.273. The van der Waals surface area contributed by atoms with E-state index in [1.54, 1.807) is 14.2 Å². The first kappa shape index (κ1) is 14.6. The van der Waals surface area contributed by atoms with Crippen LogP contribution in [0.1, 0.15) is 5.69 Å². The molecule has 0 aliphatic carbocycles. The second-order valence-electron chi connectivity index (χ2n) is 4.78. The number of methoxy groups -OCH3 is 2. The molecule has 2 aromatic carbocycles. The Bertz CT molecular complexity index is 880. The summed E-state index contributed by atoms with van der Waals surface area (Å²) in [5.41, 5.74) is 3.59. The van der Waals surface area contributed by atoms with Crippen LogP contribution in [0.5, 0.6) is 11.5 Å². The van der Waals surface area contributed by atoms with Crippen molar-refractivity contribution in [2.75, 3.05) is 14.2 Å². The van der Waals surface area contributed by atoms with Gasteiger partial charge in [-0.3, -0.25) is 0 Å². The molecule has 0 atom stereocenters. The van der Waals surface area contributed by atoms with Crippen LogP contribution in [0.25, 0.3) is 22.4 Å². The summed E-state index contributed by atoms with van der Waals surface area (Å²) in [5, 5.41) is 19.4. The molecule has 3 rings (SSSR count). The molecule has 114 valence electrons. The van der Waals surface area contributed by atoms with Crippen LogP contribution in [0, 0.1) is 11.3 Å². The van der Waals surface area contributed by atoms with Crippen molar-refractivity contribution in [3.05, 3.63) is 48.2 Å². The average molecular weight is 306 g/mol. The fourth-order valence-corrected chi connectivity index (χ4v) is 2.37. The van der Waals surface area contributed by atoms with Crippen LogP contribution in [-0.4, -0.2) is 29.6 Å². The smallest absolute Gasteiger partial charge is 0.190 e. The quantitative estimate of drug-likeness (QED) is 0.801. The van der Waals surface area contributed by atoms with E-state index < -0.39 is 0 Å². The molecule has 0 saturated carbocycles. The SMILES string of the molecule is COc1ccc(-c2cccc(-c3n[nH]nc3C#N)c2)cc1OC. The third-order valence-electron chi connectivity index (χ3n) is 3.51. The third-order valence-corrected chi connectivity index (χ3v) is 3.51. The zero-order chi connectivity index (χ0) is 16.2. The van der Waals surface area contributed by atoms with Gasteiger partial charge in [-0.05, 0) is 29.3 Å². The van der Waals surface area contributed by atoms with E-state index in [1.807, 2.05) is 48.5 Å². The summed E-state index contributed by atoms with van der Waals surface area (Å²) in [4.78, 5) is 0. The summed E-state index contributed by atoms with van der Waals surface area (Å²) < 4.78 is 10.6. The summed E-state index contributed by atoms with van der Waals surface area (Å²) >= 11 is 0. The van der Waals surface area contributed by atoms with Crippen molar-refractivity contribution >= 4 is 0 Å². The van der Waals surface area contributed by atoms with Gasteiger partial charge in [0, 0.05) is 5.56 Å². The fourth-order valence-electron chi connectivity index (χ4n) is 2.37. The highest BCUT2D eigenvalue weighted by Gasteiger charge is 2.11. The zero-order valence-corrected chi connectivity index (χ0v) is 12.7. The second-order valence-corrected chi connectivity index (χ2v) is 4.78. The first-order valence-corrected chi connectivity index (χ1v) is 6.90. The van der Waals surface area contributed by atoms with E-state index in [2.05, 4.69) is 15.4 Å². The molecule has 0 saturated heterocycles. The fraction of sp³-hybridized carbons (Fsp3) is 0.118. The summed E-state index contributed by atoms with van der Waals surface area (Å²) in [6.45, 7) is 0. The minimum absolute atomic E-state index is 0.273. The Morgan fingerprint density at radius 2 is 1.65 bits per heavy atom. The van der Waals surface area contributed by atoms with Gasteiger partial charge < -0.3 is 9.47 Å². The maximum atomic E-state index is 9.08. The van der Waals surface area contributed by atoms with E-state index >= 15 is 0 Å². The number of nitriles is 1. The Labute approximate surface area is 133 Å². The van der Waals surface area contributed by atoms with Gasteiger partial charge in [-0.15, -0.1) is 5.10 Å². The molecule has 1 aromatic heterocycles. The maximum absolute atomic E-state index is 9.08. The van der Waals surface area contributed by atoms with Crippen molar-refractivity contribution in [1.82, 2.24) is 15.4 Å². The van der Waals surface area contributed by atoms with Gasteiger partial charge in [-0.25, -0.2) is 0 Å². The molecule has 0 spiro atoms. The molecule has 6 nitrogen and oxygen atoms in total. The van der Waals surface area contributed by atoms with Crippen molar-refractivity contribution in [2.45, 2.75) is 0 Å². The van der Waals surface area contributed by atoms with Crippen molar-refractivity contribution in [2.24, 2.45) is 0 Å². The molecule has 23 heavy (non-hydrogen) atoms. The highest BCUT2D eigenvalue weighted by atomic mass is 16.5. The van der Waals surface area contributed by atoms with E-state index in [0.717, 1.165) is 16.7 Å². The molecule has 1 N–H and O–H groups in total. The molecule has 0 amide bonds. The second kappa shape index (κ2) is 6.20. The molecular weight excluding hydrogens is 292 g/mol. The lowest BCUT2D eigenvalue weighted by molar-refractivity contribution is 0.355. The Morgan fingerprint density at radius 3 is 2.39 bits per heavy atom. The first-order valence-electron chi connectivity index (χ1n) is 6.90. The van der Waals surface area contributed by atoms with Gasteiger partial charge in [0.05, 0.1) is 14.2 Å². The first-order chi connectivity index (χ1) is 11.3. The van der Waals surface area contributed by atoms with E-state index in [9.17, 15) is 0 Å². The molecular formula is C17H14N4O2. The van der Waals surface area contributed by atoms with Crippen molar-refractivity contribution in [3.8, 4) is 40.0 Å². The molecule has 0 aliphatic heterocycles. The van der Waals surface area contributed by atoms with Gasteiger partial charge in [0.2, 0.25) is 0 Å². The van der Waals surface area contributed by atoms with Crippen LogP contribution >= 0.6 is 0 Å². The lowest BCUT2D eigenvalue weighted by Crippen LogP contribution is -1.91. The minimum Gasteiger partial charge on any atom is -0.493 e. The maximum Gasteiger partial charge on any atom is 0.190 e. The number of aromatic amines is 1. The molecule has 6 heteroatoms. The number of ether oxygens (including phenoxy) is 2. The molecule has 0 fully saturated rings. The van der Waals surface area contributed by atoms with Crippen molar-refractivity contribution < 1.29 is 9.47 Å². The van der Waals surface area contributed by atoms with E-state index in [1.165, 1.54) is 0 Å². The van der Waals surface area contributed by atoms with Crippen LogP contribution < -0.4 is 9.47 Å². The normalized spacial score (nSPS) is 10.1. The zero-order valence-electron chi connectivity index (χ0n) is 12.7. The number of rotatable bonds is 4. The van der Waals surface area contributed by atoms with Crippen LogP contribution in [-0.2, 0) is 0 Å². The number of nitrogens with one attached hydrogen (secondary N) is 1. The number of nitrogens with zero attached hydrogens (tertiary/aromatic N) is 3. The van der Waals surface area contributed by atoms with Gasteiger partial charge in [0.1, 0.15) is 11.8 Å². The highest BCUT2D eigenvalue weighted by Crippen LogP contribution is 2.33. The van der Waals surface area contributed by atoms with Gasteiger partial charge in [0.15, 0.2) is 17.2 Å². The van der Waals surface area contributed by atoms with Gasteiger partial charge >= 0.3 is 0 Å². The summed E-state index contributed by atoms with van der Waals surface area (Å²) in [7, 11) is 3.21. The monoisotopic (exact) mass is 306 g/mol. The number of H-pyrrole nitrogens is 1. The number of hydrogen-bond donors (Lipinski definition) is 1. The van der Waals surface area contributed by atoms with E-state index in [-0.39, 0.29) is 5.69 Å². The third kappa shape index (κ3) is 2.72. The molecule has 1 heterocycles. The van der Waals surface area contributed by atoms with E-state index in [4.69, 9.17) is 14.7 Å². The predicted molar refractivity (Wildman–Crippen MR) is 85.1 cm³/mol. The number of benzene rings is 2. The Balaban J connectivity index is 2.05. The standard InChI is InChI=1S/C17H14N4O2/c1-22-15-7-6-12(9-16(15)23-2)11-4-3-5-13(8-11)17-14(10-18)19-21-20-17/h3-9H,1-2H3,(H,19,20,21). The Morgan fingerprint density at radius 1 is 0.913 bits per heavy atom. The highest BCUT2D eigenvalue weighted by molar-refractivity contribution is 5.74. The van der Waals surface area contributed by atoms with E-state index in [0.29, 0.717) is 17.2 Å². The van der Waals surface area contributed by atoms with Crippen molar-refractivity contribution in [3.63, 3.8) is 0 Å². The summed E-state index contributed by atoms with van der Waals surface area (Å²) in [5.74, 6) is 1.34. The largest absolute Gasteiger partial charge is 0.493 e.